The van der Waals surface area contributed by atoms with Gasteiger partial charge in [-0.1, -0.05) is 0 Å². The number of nitrogens with two attached hydrogens (primary N) is 1. The van der Waals surface area contributed by atoms with Crippen LogP contribution in [0.25, 0.3) is 0 Å². The van der Waals surface area contributed by atoms with Crippen molar-refractivity contribution in [3.63, 3.8) is 0 Å². The normalized spacial score (nSPS) is 29.2. The fraction of sp³-hybridized carbons (Fsp3) is 0.900. The van der Waals surface area contributed by atoms with Crippen LogP contribution < -0.4 is 11.1 Å². The van der Waals surface area contributed by atoms with Gasteiger partial charge in [-0.05, 0) is 27.2 Å². The van der Waals surface area contributed by atoms with E-state index >= 15 is 0 Å². The summed E-state index contributed by atoms with van der Waals surface area (Å²) in [7, 11) is 0. The number of hydrogen-bond acceptors (Lipinski definition) is 3. The van der Waals surface area contributed by atoms with Crippen LogP contribution in [0.3, 0.4) is 0 Å². The topological polar surface area (TPSA) is 58.4 Å². The highest BCUT2D eigenvalue weighted by Gasteiger charge is 2.39. The molecule has 1 saturated heterocycles. The van der Waals surface area contributed by atoms with E-state index in [-0.39, 0.29) is 11.4 Å². The van der Waals surface area contributed by atoms with E-state index in [9.17, 15) is 4.79 Å². The summed E-state index contributed by atoms with van der Waals surface area (Å²) in [5, 5.41) is 2.82. The van der Waals surface area contributed by atoms with Gasteiger partial charge in [0.25, 0.3) is 0 Å². The van der Waals surface area contributed by atoms with Crippen molar-refractivity contribution in [1.29, 1.82) is 0 Å². The van der Waals surface area contributed by atoms with Gasteiger partial charge in [-0.25, -0.2) is 0 Å². The lowest BCUT2D eigenvalue weighted by Crippen LogP contribution is -2.58. The van der Waals surface area contributed by atoms with Crippen molar-refractivity contribution < 1.29 is 4.79 Å². The van der Waals surface area contributed by atoms with E-state index in [4.69, 9.17) is 5.73 Å². The van der Waals surface area contributed by atoms with Crippen molar-refractivity contribution in [3.8, 4) is 0 Å². The third kappa shape index (κ3) is 2.69. The maximum atomic E-state index is 11.0. The summed E-state index contributed by atoms with van der Waals surface area (Å²) < 4.78 is 0. The van der Waals surface area contributed by atoms with E-state index < -0.39 is 5.66 Å². The molecule has 82 valence electrons. The Bertz CT molecular complexity index is 234. The first-order valence-electron chi connectivity index (χ1n) is 5.06. The van der Waals surface area contributed by atoms with Gasteiger partial charge < -0.3 is 11.1 Å². The molecular formula is C10H21N3O. The molecule has 14 heavy (non-hydrogen) atoms. The Hall–Kier alpha value is -0.610. The Balaban J connectivity index is 2.59. The van der Waals surface area contributed by atoms with Crippen molar-refractivity contribution in [3.05, 3.63) is 0 Å². The molecule has 1 unspecified atom stereocenters. The maximum absolute atomic E-state index is 11.0. The largest absolute Gasteiger partial charge is 0.337 e. The summed E-state index contributed by atoms with van der Waals surface area (Å²) in [6.07, 6.45) is 0.823. The zero-order valence-corrected chi connectivity index (χ0v) is 9.55. The van der Waals surface area contributed by atoms with E-state index in [2.05, 4.69) is 31.0 Å². The van der Waals surface area contributed by atoms with Gasteiger partial charge in [0.1, 0.15) is 5.66 Å². The lowest BCUT2D eigenvalue weighted by atomic mass is 10.1. The quantitative estimate of drug-likeness (QED) is 0.596. The molecule has 1 rings (SSSR count). The lowest BCUT2D eigenvalue weighted by molar-refractivity contribution is -0.120. The highest BCUT2D eigenvalue weighted by atomic mass is 16.1. The minimum absolute atomic E-state index is 0.0525. The second-order valence-corrected chi connectivity index (χ2v) is 5.18. The standard InChI is InChI=1S/C10H21N3O/c1-8(14)12-10(11)5-6-13(7-10)9(2,3)4/h5-7,11H2,1-4H3,(H,12,14). The average Bonchev–Trinajstić information content (AvgIpc) is 2.28. The van der Waals surface area contributed by atoms with Crippen LogP contribution in [0, 0.1) is 0 Å². The zero-order valence-electron chi connectivity index (χ0n) is 9.55. The minimum atomic E-state index is -0.529. The van der Waals surface area contributed by atoms with Gasteiger partial charge >= 0.3 is 0 Å². The third-order valence-corrected chi connectivity index (χ3v) is 2.67. The van der Waals surface area contributed by atoms with Crippen LogP contribution in [0.15, 0.2) is 0 Å². The number of carbonyl (C=O) groups is 1. The summed E-state index contributed by atoms with van der Waals surface area (Å²) in [5.41, 5.74) is 5.67. The Morgan fingerprint density at radius 2 is 2.07 bits per heavy atom. The molecule has 0 aromatic heterocycles. The molecule has 1 heterocycles. The summed E-state index contributed by atoms with van der Waals surface area (Å²) in [6, 6.07) is 0. The molecule has 0 radical (unpaired) electrons. The summed E-state index contributed by atoms with van der Waals surface area (Å²) in [6.45, 7) is 9.66. The molecule has 3 N–H and O–H groups in total. The number of nitrogens with zero attached hydrogens (tertiary/aromatic N) is 1. The first-order valence-corrected chi connectivity index (χ1v) is 5.06. The van der Waals surface area contributed by atoms with Crippen LogP contribution in [0.1, 0.15) is 34.1 Å². The molecule has 1 amide bonds. The summed E-state index contributed by atoms with van der Waals surface area (Å²) in [5.74, 6) is -0.0525. The Morgan fingerprint density at radius 3 is 2.43 bits per heavy atom. The molecule has 0 bridgehead atoms. The molecule has 1 atom stereocenters. The van der Waals surface area contributed by atoms with Crippen LogP contribution in [0.4, 0.5) is 0 Å². The van der Waals surface area contributed by atoms with Gasteiger partial charge in [-0.3, -0.25) is 9.69 Å². The molecule has 1 fully saturated rings. The van der Waals surface area contributed by atoms with E-state index in [0.29, 0.717) is 0 Å². The first-order chi connectivity index (χ1) is 6.23. The second-order valence-electron chi connectivity index (χ2n) is 5.18. The summed E-state index contributed by atoms with van der Waals surface area (Å²) in [4.78, 5) is 13.2. The maximum Gasteiger partial charge on any atom is 0.218 e. The van der Waals surface area contributed by atoms with Crippen molar-refractivity contribution in [2.75, 3.05) is 13.1 Å². The second kappa shape index (κ2) is 3.51. The minimum Gasteiger partial charge on any atom is -0.337 e. The van der Waals surface area contributed by atoms with E-state index in [1.54, 1.807) is 0 Å². The number of likely N-dealkylation sites (tertiary alicyclic amines) is 1. The number of nitrogens with one attached hydrogen (secondary N) is 1. The van der Waals surface area contributed by atoms with E-state index in [1.165, 1.54) is 6.92 Å². The van der Waals surface area contributed by atoms with Crippen molar-refractivity contribution in [2.45, 2.75) is 45.3 Å². The smallest absolute Gasteiger partial charge is 0.218 e. The van der Waals surface area contributed by atoms with Gasteiger partial charge in [0.05, 0.1) is 0 Å². The molecule has 1 aliphatic heterocycles. The third-order valence-electron chi connectivity index (χ3n) is 2.67. The number of rotatable bonds is 1. The number of amides is 1. The Labute approximate surface area is 85.8 Å². The molecule has 0 aromatic rings. The van der Waals surface area contributed by atoms with E-state index in [1.807, 2.05) is 0 Å². The van der Waals surface area contributed by atoms with Crippen LogP contribution in [0.5, 0.6) is 0 Å². The SMILES string of the molecule is CC(=O)NC1(N)CCN(C(C)(C)C)C1. The molecule has 0 saturated carbocycles. The lowest BCUT2D eigenvalue weighted by Gasteiger charge is -2.33. The highest BCUT2D eigenvalue weighted by molar-refractivity contribution is 5.73. The van der Waals surface area contributed by atoms with Crippen LogP contribution >= 0.6 is 0 Å². The molecule has 4 nitrogen and oxygen atoms in total. The van der Waals surface area contributed by atoms with Crippen LogP contribution in [0.2, 0.25) is 0 Å². The van der Waals surface area contributed by atoms with E-state index in [0.717, 1.165) is 19.5 Å². The van der Waals surface area contributed by atoms with Crippen molar-refractivity contribution in [2.24, 2.45) is 5.73 Å². The Kier molecular flexibility index (Phi) is 2.88. The fourth-order valence-electron chi connectivity index (χ4n) is 1.86. The van der Waals surface area contributed by atoms with Gasteiger partial charge in [0.2, 0.25) is 5.91 Å². The predicted molar refractivity (Wildman–Crippen MR) is 56.7 cm³/mol. The predicted octanol–water partition coefficient (Wildman–Crippen LogP) is 0.282. The molecule has 0 aliphatic carbocycles. The number of hydrogen-bond donors (Lipinski definition) is 2. The van der Waals surface area contributed by atoms with Crippen molar-refractivity contribution in [1.82, 2.24) is 10.2 Å². The Morgan fingerprint density at radius 1 is 1.50 bits per heavy atom. The van der Waals surface area contributed by atoms with Gasteiger partial charge in [0, 0.05) is 25.6 Å². The van der Waals surface area contributed by atoms with Gasteiger partial charge in [-0.2, -0.15) is 0 Å². The average molecular weight is 199 g/mol. The van der Waals surface area contributed by atoms with Crippen LogP contribution in [-0.2, 0) is 4.79 Å². The van der Waals surface area contributed by atoms with Gasteiger partial charge in [-0.15, -0.1) is 0 Å². The zero-order chi connectivity index (χ0) is 11.0. The monoisotopic (exact) mass is 199 g/mol. The molecule has 1 aliphatic rings. The molecule has 4 heteroatoms. The number of carbonyl (C=O) groups excluding carboxylic acids is 1. The highest BCUT2D eigenvalue weighted by Crippen LogP contribution is 2.24. The molecular weight excluding hydrogens is 178 g/mol. The van der Waals surface area contributed by atoms with Crippen LogP contribution in [-0.4, -0.2) is 35.1 Å². The fourth-order valence-corrected chi connectivity index (χ4v) is 1.86. The van der Waals surface area contributed by atoms with Gasteiger partial charge in [0.15, 0.2) is 0 Å². The molecule has 0 spiro atoms. The summed E-state index contributed by atoms with van der Waals surface area (Å²) >= 11 is 0. The first kappa shape index (κ1) is 11.5. The molecule has 0 aromatic carbocycles. The van der Waals surface area contributed by atoms with Crippen molar-refractivity contribution >= 4 is 5.91 Å².